The molecule has 1 aliphatic rings. The van der Waals surface area contributed by atoms with E-state index in [0.29, 0.717) is 25.3 Å². The second-order valence-corrected chi connectivity index (χ2v) is 5.98. The lowest BCUT2D eigenvalue weighted by atomic mass is 10.2. The molecule has 132 valence electrons. The van der Waals surface area contributed by atoms with Crippen LogP contribution in [0.3, 0.4) is 0 Å². The molecule has 1 aromatic rings. The Morgan fingerprint density at radius 2 is 1.88 bits per heavy atom. The average molecular weight is 335 g/mol. The molecule has 1 amide bonds. The average Bonchev–Trinajstić information content (AvgIpc) is 3.09. The van der Waals surface area contributed by atoms with Gasteiger partial charge in [-0.3, -0.25) is 9.59 Å². The molecule has 0 atom stereocenters. The summed E-state index contributed by atoms with van der Waals surface area (Å²) in [5, 5.41) is 11.4. The van der Waals surface area contributed by atoms with Crippen LogP contribution in [0.1, 0.15) is 44.1 Å². The highest BCUT2D eigenvalue weighted by atomic mass is 16.5. The van der Waals surface area contributed by atoms with Crippen LogP contribution in [-0.4, -0.2) is 36.3 Å². The van der Waals surface area contributed by atoms with Gasteiger partial charge in [-0.05, 0) is 37.0 Å². The van der Waals surface area contributed by atoms with E-state index in [1.54, 1.807) is 0 Å². The summed E-state index contributed by atoms with van der Waals surface area (Å²) in [5.41, 5.74) is 0.974. The first kappa shape index (κ1) is 18.3. The molecule has 0 spiro atoms. The molecule has 0 aromatic heterocycles. The molecule has 0 bridgehead atoms. The molecule has 2 rings (SSSR count). The third-order valence-corrected chi connectivity index (χ3v) is 3.97. The number of carbonyl (C=O) groups excluding carboxylic acids is 1. The second kappa shape index (κ2) is 9.93. The number of ether oxygens (including phenoxy) is 2. The molecule has 0 aliphatic heterocycles. The predicted molar refractivity (Wildman–Crippen MR) is 88.9 cm³/mol. The summed E-state index contributed by atoms with van der Waals surface area (Å²) in [6, 6.07) is 7.39. The van der Waals surface area contributed by atoms with Crippen LogP contribution in [0.2, 0.25) is 0 Å². The molecule has 0 saturated heterocycles. The van der Waals surface area contributed by atoms with E-state index in [2.05, 4.69) is 5.32 Å². The third-order valence-electron chi connectivity index (χ3n) is 3.97. The summed E-state index contributed by atoms with van der Waals surface area (Å²) >= 11 is 0. The summed E-state index contributed by atoms with van der Waals surface area (Å²) in [7, 11) is 0. The van der Waals surface area contributed by atoms with E-state index in [4.69, 9.17) is 14.6 Å². The van der Waals surface area contributed by atoms with Crippen molar-refractivity contribution >= 4 is 11.9 Å². The number of hydrogen-bond acceptors (Lipinski definition) is 4. The van der Waals surface area contributed by atoms with Gasteiger partial charge in [-0.1, -0.05) is 25.0 Å². The fourth-order valence-corrected chi connectivity index (χ4v) is 2.62. The van der Waals surface area contributed by atoms with Gasteiger partial charge in [0.15, 0.2) is 0 Å². The molecule has 0 radical (unpaired) electrons. The zero-order chi connectivity index (χ0) is 17.2. The van der Waals surface area contributed by atoms with E-state index in [1.807, 2.05) is 24.3 Å². The molecule has 1 aromatic carbocycles. The van der Waals surface area contributed by atoms with Crippen molar-refractivity contribution in [2.45, 2.75) is 51.2 Å². The molecule has 0 heterocycles. The van der Waals surface area contributed by atoms with E-state index in [1.165, 1.54) is 12.8 Å². The first-order valence-electron chi connectivity index (χ1n) is 8.45. The fraction of sp³-hybridized carbons (Fsp3) is 0.556. The lowest BCUT2D eigenvalue weighted by Crippen LogP contribution is -2.28. The molecule has 24 heavy (non-hydrogen) atoms. The van der Waals surface area contributed by atoms with E-state index in [-0.39, 0.29) is 25.0 Å². The number of hydrogen-bond donors (Lipinski definition) is 2. The Balaban J connectivity index is 1.61. The van der Waals surface area contributed by atoms with Crippen molar-refractivity contribution < 1.29 is 24.2 Å². The van der Waals surface area contributed by atoms with Crippen LogP contribution in [0.4, 0.5) is 0 Å². The van der Waals surface area contributed by atoms with Gasteiger partial charge >= 0.3 is 5.97 Å². The van der Waals surface area contributed by atoms with Crippen molar-refractivity contribution in [3.63, 3.8) is 0 Å². The van der Waals surface area contributed by atoms with Crippen molar-refractivity contribution in [2.24, 2.45) is 0 Å². The minimum absolute atomic E-state index is 0.101. The van der Waals surface area contributed by atoms with Crippen LogP contribution < -0.4 is 10.1 Å². The topological polar surface area (TPSA) is 84.9 Å². The summed E-state index contributed by atoms with van der Waals surface area (Å²) < 4.78 is 11.0. The van der Waals surface area contributed by atoms with Gasteiger partial charge in [0, 0.05) is 13.0 Å². The summed E-state index contributed by atoms with van der Waals surface area (Å²) in [4.78, 5) is 22.2. The molecule has 1 aliphatic carbocycles. The number of aliphatic carboxylic acids is 1. The Morgan fingerprint density at radius 1 is 1.17 bits per heavy atom. The van der Waals surface area contributed by atoms with Gasteiger partial charge in [-0.2, -0.15) is 0 Å². The smallest absolute Gasteiger partial charge is 0.303 e. The number of rotatable bonds is 10. The highest BCUT2D eigenvalue weighted by Gasteiger charge is 2.16. The van der Waals surface area contributed by atoms with Crippen LogP contribution in [0.15, 0.2) is 24.3 Å². The standard InChI is InChI=1S/C18H25NO5/c20-17(13-24-15-4-1-2-5-15)19-12-14-7-9-16(10-8-14)23-11-3-6-18(21)22/h7-10,15H,1-6,11-13H2,(H,19,20)(H,21,22). The third kappa shape index (κ3) is 7.00. The van der Waals surface area contributed by atoms with Crippen molar-refractivity contribution in [2.75, 3.05) is 13.2 Å². The first-order chi connectivity index (χ1) is 11.6. The predicted octanol–water partition coefficient (Wildman–Crippen LogP) is 2.51. The van der Waals surface area contributed by atoms with Crippen molar-refractivity contribution in [1.82, 2.24) is 5.32 Å². The maximum atomic E-state index is 11.8. The monoisotopic (exact) mass is 335 g/mol. The Bertz CT molecular complexity index is 523. The number of carbonyl (C=O) groups is 2. The molecular weight excluding hydrogens is 310 g/mol. The molecule has 1 fully saturated rings. The normalized spacial score (nSPS) is 14.5. The van der Waals surface area contributed by atoms with Crippen molar-refractivity contribution in [3.05, 3.63) is 29.8 Å². The highest BCUT2D eigenvalue weighted by Crippen LogP contribution is 2.20. The van der Waals surface area contributed by atoms with Gasteiger partial charge in [0.05, 0.1) is 12.7 Å². The van der Waals surface area contributed by atoms with Gasteiger partial charge in [0.2, 0.25) is 5.91 Å². The lowest BCUT2D eigenvalue weighted by Gasteiger charge is -2.11. The summed E-state index contributed by atoms with van der Waals surface area (Å²) in [6.07, 6.45) is 5.32. The lowest BCUT2D eigenvalue weighted by molar-refractivity contribution is -0.137. The van der Waals surface area contributed by atoms with Gasteiger partial charge < -0.3 is 19.9 Å². The van der Waals surface area contributed by atoms with E-state index in [0.717, 1.165) is 18.4 Å². The second-order valence-electron chi connectivity index (χ2n) is 5.98. The van der Waals surface area contributed by atoms with Crippen LogP contribution in [0.5, 0.6) is 5.75 Å². The number of nitrogens with one attached hydrogen (secondary N) is 1. The minimum Gasteiger partial charge on any atom is -0.494 e. The summed E-state index contributed by atoms with van der Waals surface area (Å²) in [6.45, 7) is 0.947. The molecule has 2 N–H and O–H groups in total. The molecule has 6 nitrogen and oxygen atoms in total. The van der Waals surface area contributed by atoms with Crippen LogP contribution >= 0.6 is 0 Å². The fourth-order valence-electron chi connectivity index (χ4n) is 2.62. The maximum Gasteiger partial charge on any atom is 0.303 e. The van der Waals surface area contributed by atoms with E-state index < -0.39 is 5.97 Å². The quantitative estimate of drug-likeness (QED) is 0.642. The van der Waals surface area contributed by atoms with Gasteiger partial charge in [0.1, 0.15) is 12.4 Å². The molecule has 0 unspecified atom stereocenters. The Kier molecular flexibility index (Phi) is 7.55. The molecular formula is C18H25NO5. The summed E-state index contributed by atoms with van der Waals surface area (Å²) in [5.74, 6) is -0.225. The molecule has 6 heteroatoms. The minimum atomic E-state index is -0.818. The van der Waals surface area contributed by atoms with E-state index >= 15 is 0 Å². The van der Waals surface area contributed by atoms with Gasteiger partial charge in [0.25, 0.3) is 0 Å². The number of benzene rings is 1. The van der Waals surface area contributed by atoms with Crippen molar-refractivity contribution in [1.29, 1.82) is 0 Å². The molecule has 1 saturated carbocycles. The Morgan fingerprint density at radius 3 is 2.54 bits per heavy atom. The number of carboxylic acids is 1. The van der Waals surface area contributed by atoms with E-state index in [9.17, 15) is 9.59 Å². The Labute approximate surface area is 142 Å². The zero-order valence-corrected chi connectivity index (χ0v) is 13.8. The van der Waals surface area contributed by atoms with Crippen molar-refractivity contribution in [3.8, 4) is 5.75 Å². The van der Waals surface area contributed by atoms with Crippen LogP contribution in [0, 0.1) is 0 Å². The van der Waals surface area contributed by atoms with Crippen LogP contribution in [0.25, 0.3) is 0 Å². The highest BCUT2D eigenvalue weighted by molar-refractivity contribution is 5.77. The van der Waals surface area contributed by atoms with Crippen LogP contribution in [-0.2, 0) is 20.9 Å². The van der Waals surface area contributed by atoms with Gasteiger partial charge in [-0.15, -0.1) is 0 Å². The number of carboxylic acid groups (broad SMARTS) is 1. The SMILES string of the molecule is O=C(O)CCCOc1ccc(CNC(=O)COC2CCCC2)cc1. The largest absolute Gasteiger partial charge is 0.494 e. The number of amides is 1. The Hall–Kier alpha value is -2.08. The first-order valence-corrected chi connectivity index (χ1v) is 8.45. The maximum absolute atomic E-state index is 11.8. The zero-order valence-electron chi connectivity index (χ0n) is 13.8. The van der Waals surface area contributed by atoms with Gasteiger partial charge in [-0.25, -0.2) is 0 Å².